The predicted molar refractivity (Wildman–Crippen MR) is 119 cm³/mol. The Morgan fingerprint density at radius 1 is 1.17 bits per heavy atom. The van der Waals surface area contributed by atoms with Crippen LogP contribution in [-0.4, -0.2) is 24.1 Å². The number of nitrogens with one attached hydrogen (secondary N) is 1. The van der Waals surface area contributed by atoms with Gasteiger partial charge in [0.15, 0.2) is 0 Å². The maximum absolute atomic E-state index is 13.0. The zero-order valence-corrected chi connectivity index (χ0v) is 17.3. The molecule has 3 aromatic rings. The third-order valence-corrected chi connectivity index (χ3v) is 6.04. The molecule has 1 N–H and O–H groups in total. The Labute approximate surface area is 177 Å². The monoisotopic (exact) mass is 423 g/mol. The van der Waals surface area contributed by atoms with Crippen LogP contribution < -0.4 is 10.2 Å². The fourth-order valence-corrected chi connectivity index (χ4v) is 4.07. The molecule has 0 unspecified atom stereocenters. The molecule has 7 heteroatoms. The highest BCUT2D eigenvalue weighted by Crippen LogP contribution is 2.33. The summed E-state index contributed by atoms with van der Waals surface area (Å²) in [5.74, 6) is -0.493. The average molecular weight is 424 g/mol. The minimum absolute atomic E-state index is 0.118. The first-order chi connectivity index (χ1) is 14.0. The Morgan fingerprint density at radius 3 is 2.79 bits per heavy atom. The van der Waals surface area contributed by atoms with Crippen molar-refractivity contribution in [2.24, 2.45) is 4.99 Å². The number of fused-ring (bicyclic) bond motifs is 1. The van der Waals surface area contributed by atoms with E-state index in [1.165, 1.54) is 16.2 Å². The number of hydrogen-bond donors (Lipinski definition) is 1. The molecule has 1 aromatic heterocycles. The number of thiophene rings is 1. The molecular formula is C22H18ClN3O2S. The second kappa shape index (κ2) is 8.19. The first-order valence-electron chi connectivity index (χ1n) is 9.09. The lowest BCUT2D eigenvalue weighted by atomic mass is 10.2. The number of para-hydroxylation sites is 2. The van der Waals surface area contributed by atoms with Crippen molar-refractivity contribution in [2.45, 2.75) is 13.3 Å². The Bertz CT molecular complexity index is 1110. The standard InChI is InChI=1S/C22H18ClN3O2S/c1-14-6-4-8-16(22(14)23)25-20(27)13-26-18-9-3-2-7-15(18)24-17(12-21(26)28)19-10-5-11-29-19/h2-11H,12-13H2,1H3,(H,25,27). The van der Waals surface area contributed by atoms with Gasteiger partial charge in [-0.2, -0.15) is 0 Å². The molecule has 0 spiro atoms. The molecule has 2 heterocycles. The van der Waals surface area contributed by atoms with E-state index in [9.17, 15) is 9.59 Å². The van der Waals surface area contributed by atoms with Gasteiger partial charge in [-0.3, -0.25) is 9.59 Å². The average Bonchev–Trinajstić information content (AvgIpc) is 3.20. The molecule has 0 saturated heterocycles. The highest BCUT2D eigenvalue weighted by atomic mass is 35.5. The Balaban J connectivity index is 1.61. The van der Waals surface area contributed by atoms with Crippen LogP contribution in [0.15, 0.2) is 65.0 Å². The second-order valence-electron chi connectivity index (χ2n) is 6.67. The molecule has 146 valence electrons. The molecule has 2 amide bonds. The molecule has 1 aliphatic heterocycles. The number of nitrogens with zero attached hydrogens (tertiary/aromatic N) is 2. The van der Waals surface area contributed by atoms with Crippen LogP contribution in [-0.2, 0) is 9.59 Å². The number of anilines is 2. The summed E-state index contributed by atoms with van der Waals surface area (Å²) in [6.45, 7) is 1.75. The van der Waals surface area contributed by atoms with Crippen molar-refractivity contribution in [3.05, 3.63) is 75.4 Å². The summed E-state index contributed by atoms with van der Waals surface area (Å²) in [5, 5.41) is 5.26. The first kappa shape index (κ1) is 19.4. The molecule has 29 heavy (non-hydrogen) atoms. The van der Waals surface area contributed by atoms with Crippen molar-refractivity contribution in [2.75, 3.05) is 16.8 Å². The highest BCUT2D eigenvalue weighted by Gasteiger charge is 2.27. The van der Waals surface area contributed by atoms with E-state index in [1.807, 2.05) is 54.8 Å². The van der Waals surface area contributed by atoms with Crippen molar-refractivity contribution in [3.63, 3.8) is 0 Å². The van der Waals surface area contributed by atoms with E-state index in [0.29, 0.717) is 27.8 Å². The van der Waals surface area contributed by atoms with E-state index in [0.717, 1.165) is 10.4 Å². The molecule has 0 fully saturated rings. The van der Waals surface area contributed by atoms with Crippen molar-refractivity contribution >= 4 is 57.5 Å². The summed E-state index contributed by atoms with van der Waals surface area (Å²) >= 11 is 7.82. The number of aliphatic imine (C=N–C) groups is 1. The summed E-state index contributed by atoms with van der Waals surface area (Å²) in [4.78, 5) is 32.9. The number of benzene rings is 2. The zero-order chi connectivity index (χ0) is 20.4. The maximum Gasteiger partial charge on any atom is 0.244 e. The van der Waals surface area contributed by atoms with Crippen LogP contribution in [0.5, 0.6) is 0 Å². The molecule has 1 aliphatic rings. The summed E-state index contributed by atoms with van der Waals surface area (Å²) in [6, 6.07) is 16.7. The topological polar surface area (TPSA) is 61.8 Å². The highest BCUT2D eigenvalue weighted by molar-refractivity contribution is 7.12. The van der Waals surface area contributed by atoms with Crippen molar-refractivity contribution < 1.29 is 9.59 Å². The maximum atomic E-state index is 13.0. The molecule has 0 bridgehead atoms. The molecule has 2 aromatic carbocycles. The summed E-state index contributed by atoms with van der Waals surface area (Å²) in [7, 11) is 0. The first-order valence-corrected chi connectivity index (χ1v) is 10.3. The molecular weight excluding hydrogens is 406 g/mol. The molecule has 0 saturated carbocycles. The lowest BCUT2D eigenvalue weighted by Gasteiger charge is -2.22. The Kier molecular flexibility index (Phi) is 5.47. The lowest BCUT2D eigenvalue weighted by Crippen LogP contribution is -2.38. The molecule has 5 nitrogen and oxygen atoms in total. The van der Waals surface area contributed by atoms with Gasteiger partial charge in [-0.05, 0) is 42.1 Å². The third-order valence-electron chi connectivity index (χ3n) is 4.62. The number of hydrogen-bond acceptors (Lipinski definition) is 4. The van der Waals surface area contributed by atoms with Crippen LogP contribution in [0.3, 0.4) is 0 Å². The van der Waals surface area contributed by atoms with E-state index >= 15 is 0 Å². The number of aryl methyl sites for hydroxylation is 1. The minimum atomic E-state index is -0.319. The molecule has 0 aliphatic carbocycles. The van der Waals surface area contributed by atoms with Gasteiger partial charge in [0.1, 0.15) is 6.54 Å². The normalized spacial score (nSPS) is 13.5. The van der Waals surface area contributed by atoms with Crippen LogP contribution in [0.4, 0.5) is 17.1 Å². The van der Waals surface area contributed by atoms with Gasteiger partial charge < -0.3 is 10.2 Å². The summed E-state index contributed by atoms with van der Waals surface area (Å²) in [5.41, 5.74) is 3.40. The smallest absolute Gasteiger partial charge is 0.244 e. The van der Waals surface area contributed by atoms with Gasteiger partial charge in [-0.1, -0.05) is 41.9 Å². The molecule has 4 rings (SSSR count). The van der Waals surface area contributed by atoms with E-state index in [2.05, 4.69) is 5.32 Å². The molecule has 0 radical (unpaired) electrons. The van der Waals surface area contributed by atoms with Gasteiger partial charge in [0, 0.05) is 4.88 Å². The van der Waals surface area contributed by atoms with Gasteiger partial charge >= 0.3 is 0 Å². The third kappa shape index (κ3) is 4.09. The van der Waals surface area contributed by atoms with E-state index in [1.54, 1.807) is 12.1 Å². The SMILES string of the molecule is Cc1cccc(NC(=O)CN2C(=O)CC(c3cccs3)=Nc3ccccc32)c1Cl. The number of carbonyl (C=O) groups excluding carboxylic acids is 2. The van der Waals surface area contributed by atoms with Crippen molar-refractivity contribution in [1.82, 2.24) is 0 Å². The number of carbonyl (C=O) groups is 2. The summed E-state index contributed by atoms with van der Waals surface area (Å²) < 4.78 is 0. The van der Waals surface area contributed by atoms with Crippen LogP contribution in [0, 0.1) is 6.92 Å². The van der Waals surface area contributed by atoms with E-state index < -0.39 is 0 Å². The van der Waals surface area contributed by atoms with Gasteiger partial charge in [-0.15, -0.1) is 11.3 Å². The summed E-state index contributed by atoms with van der Waals surface area (Å²) in [6.07, 6.45) is 0.133. The predicted octanol–water partition coefficient (Wildman–Crippen LogP) is 5.21. The second-order valence-corrected chi connectivity index (χ2v) is 7.99. The van der Waals surface area contributed by atoms with Gasteiger partial charge in [0.25, 0.3) is 0 Å². The van der Waals surface area contributed by atoms with Crippen LogP contribution in [0.2, 0.25) is 5.02 Å². The molecule has 0 atom stereocenters. The Morgan fingerprint density at radius 2 is 2.00 bits per heavy atom. The Hall–Kier alpha value is -2.96. The van der Waals surface area contributed by atoms with Crippen molar-refractivity contribution in [1.29, 1.82) is 0 Å². The van der Waals surface area contributed by atoms with Crippen molar-refractivity contribution in [3.8, 4) is 0 Å². The van der Waals surface area contributed by atoms with Gasteiger partial charge in [-0.25, -0.2) is 4.99 Å². The zero-order valence-electron chi connectivity index (χ0n) is 15.7. The number of rotatable bonds is 4. The van der Waals surface area contributed by atoms with Gasteiger partial charge in [0.05, 0.1) is 34.2 Å². The van der Waals surface area contributed by atoms with Crippen LogP contribution in [0.1, 0.15) is 16.9 Å². The largest absolute Gasteiger partial charge is 0.323 e. The minimum Gasteiger partial charge on any atom is -0.323 e. The van der Waals surface area contributed by atoms with Gasteiger partial charge in [0.2, 0.25) is 11.8 Å². The fourth-order valence-electron chi connectivity index (χ4n) is 3.18. The van der Waals surface area contributed by atoms with E-state index in [-0.39, 0.29) is 24.8 Å². The van der Waals surface area contributed by atoms with E-state index in [4.69, 9.17) is 16.6 Å². The number of halogens is 1. The fraction of sp³-hybridized carbons (Fsp3) is 0.136. The quantitative estimate of drug-likeness (QED) is 0.626. The van der Waals surface area contributed by atoms with Crippen LogP contribution in [0.25, 0.3) is 0 Å². The number of amides is 2. The van der Waals surface area contributed by atoms with Crippen LogP contribution >= 0.6 is 22.9 Å². The lowest BCUT2D eigenvalue weighted by molar-refractivity contribution is -0.120.